The molecule has 2 aliphatic rings. The predicted molar refractivity (Wildman–Crippen MR) is 75.6 cm³/mol. The van der Waals surface area contributed by atoms with E-state index in [4.69, 9.17) is 9.47 Å². The summed E-state index contributed by atoms with van der Waals surface area (Å²) >= 11 is 0. The highest BCUT2D eigenvalue weighted by molar-refractivity contribution is 5.14. The quantitative estimate of drug-likeness (QED) is 0.614. The molecule has 0 radical (unpaired) electrons. The predicted octanol–water partition coefficient (Wildman–Crippen LogP) is 2.76. The number of aliphatic hydroxyl groups excluding tert-OH is 1. The molecule has 2 rings (SSSR count). The van der Waals surface area contributed by atoms with Crippen LogP contribution in [-0.4, -0.2) is 31.2 Å². The first-order valence-electron chi connectivity index (χ1n) is 7.15. The molecule has 108 valence electrons. The van der Waals surface area contributed by atoms with Crippen LogP contribution in [0.5, 0.6) is 0 Å². The lowest BCUT2D eigenvalue weighted by atomic mass is 9.65. The summed E-state index contributed by atoms with van der Waals surface area (Å²) in [6.45, 7) is 8.54. The van der Waals surface area contributed by atoms with Crippen molar-refractivity contribution in [3.8, 4) is 0 Å². The standard InChI is InChI=1S/C16H26O3/c1-5-9-19-15(18-4)13-10-12-8-6-7-11(2)16(12,3)14(13)17/h5-6,8,11-15,17H,1,7,9-10H2,2-4H3. The van der Waals surface area contributed by atoms with E-state index in [1.165, 1.54) is 0 Å². The van der Waals surface area contributed by atoms with E-state index in [0.29, 0.717) is 18.4 Å². The topological polar surface area (TPSA) is 38.7 Å². The highest BCUT2D eigenvalue weighted by Gasteiger charge is 2.56. The first kappa shape index (κ1) is 14.8. The van der Waals surface area contributed by atoms with Crippen molar-refractivity contribution in [2.24, 2.45) is 23.2 Å². The fraction of sp³-hybridized carbons (Fsp3) is 0.750. The first-order chi connectivity index (χ1) is 9.05. The Morgan fingerprint density at radius 3 is 2.89 bits per heavy atom. The van der Waals surface area contributed by atoms with Crippen LogP contribution in [0.4, 0.5) is 0 Å². The first-order valence-corrected chi connectivity index (χ1v) is 7.15. The maximum Gasteiger partial charge on any atom is 0.162 e. The third kappa shape index (κ3) is 2.39. The molecule has 0 heterocycles. The third-order valence-electron chi connectivity index (χ3n) is 5.25. The zero-order valence-corrected chi connectivity index (χ0v) is 12.2. The van der Waals surface area contributed by atoms with Gasteiger partial charge in [0.05, 0.1) is 12.7 Å². The number of rotatable bonds is 5. The van der Waals surface area contributed by atoms with Crippen LogP contribution in [0.2, 0.25) is 0 Å². The Hall–Kier alpha value is -0.640. The zero-order chi connectivity index (χ0) is 14.0. The van der Waals surface area contributed by atoms with Crippen molar-refractivity contribution < 1.29 is 14.6 Å². The molecule has 6 unspecified atom stereocenters. The zero-order valence-electron chi connectivity index (χ0n) is 12.2. The number of fused-ring (bicyclic) bond motifs is 1. The Balaban J connectivity index is 2.17. The van der Waals surface area contributed by atoms with E-state index in [0.717, 1.165) is 12.8 Å². The summed E-state index contributed by atoms with van der Waals surface area (Å²) in [6.07, 6.45) is 7.46. The Kier molecular flexibility index (Phi) is 4.49. The van der Waals surface area contributed by atoms with Crippen LogP contribution in [0, 0.1) is 23.2 Å². The minimum atomic E-state index is -0.382. The third-order valence-corrected chi connectivity index (χ3v) is 5.25. The second kappa shape index (κ2) is 5.78. The molecule has 6 atom stereocenters. The summed E-state index contributed by atoms with van der Waals surface area (Å²) in [6, 6.07) is 0. The van der Waals surface area contributed by atoms with Crippen molar-refractivity contribution in [1.82, 2.24) is 0 Å². The van der Waals surface area contributed by atoms with Crippen molar-refractivity contribution in [3.63, 3.8) is 0 Å². The monoisotopic (exact) mass is 266 g/mol. The number of allylic oxidation sites excluding steroid dienone is 2. The Morgan fingerprint density at radius 2 is 2.32 bits per heavy atom. The average Bonchev–Trinajstić information content (AvgIpc) is 2.67. The van der Waals surface area contributed by atoms with Gasteiger partial charge in [0, 0.05) is 18.4 Å². The minimum absolute atomic E-state index is 0.0325. The molecule has 0 amide bonds. The maximum absolute atomic E-state index is 10.8. The lowest BCUT2D eigenvalue weighted by Crippen LogP contribution is -2.43. The van der Waals surface area contributed by atoms with Crippen molar-refractivity contribution in [2.45, 2.75) is 39.1 Å². The van der Waals surface area contributed by atoms with E-state index < -0.39 is 0 Å². The Labute approximate surface area is 116 Å². The van der Waals surface area contributed by atoms with Gasteiger partial charge in [-0.15, -0.1) is 6.58 Å². The van der Waals surface area contributed by atoms with Crippen molar-refractivity contribution in [1.29, 1.82) is 0 Å². The van der Waals surface area contributed by atoms with Gasteiger partial charge in [-0.05, 0) is 24.7 Å². The second-order valence-electron chi connectivity index (χ2n) is 6.11. The molecule has 19 heavy (non-hydrogen) atoms. The Morgan fingerprint density at radius 1 is 1.58 bits per heavy atom. The molecule has 3 heteroatoms. The smallest absolute Gasteiger partial charge is 0.162 e. The van der Waals surface area contributed by atoms with Gasteiger partial charge in [-0.1, -0.05) is 32.1 Å². The number of aliphatic hydroxyl groups is 1. The largest absolute Gasteiger partial charge is 0.392 e. The highest BCUT2D eigenvalue weighted by Crippen LogP contribution is 2.55. The fourth-order valence-corrected chi connectivity index (χ4v) is 3.79. The molecule has 0 spiro atoms. The van der Waals surface area contributed by atoms with Crippen LogP contribution >= 0.6 is 0 Å². The van der Waals surface area contributed by atoms with Gasteiger partial charge >= 0.3 is 0 Å². The second-order valence-corrected chi connectivity index (χ2v) is 6.11. The van der Waals surface area contributed by atoms with Gasteiger partial charge in [0.1, 0.15) is 0 Å². The number of hydrogen-bond acceptors (Lipinski definition) is 3. The summed E-state index contributed by atoms with van der Waals surface area (Å²) in [5.74, 6) is 0.936. The van der Waals surface area contributed by atoms with E-state index >= 15 is 0 Å². The molecule has 1 fully saturated rings. The SMILES string of the molecule is C=CCOC(OC)C1CC2C=CCC(C)C2(C)C1O. The molecule has 2 aliphatic carbocycles. The molecule has 0 bridgehead atoms. The van der Waals surface area contributed by atoms with Crippen LogP contribution in [0.1, 0.15) is 26.7 Å². The van der Waals surface area contributed by atoms with Gasteiger partial charge in [-0.25, -0.2) is 0 Å². The van der Waals surface area contributed by atoms with Gasteiger partial charge in [0.15, 0.2) is 6.29 Å². The summed E-state index contributed by atoms with van der Waals surface area (Å²) in [5, 5.41) is 10.8. The highest BCUT2D eigenvalue weighted by atomic mass is 16.7. The van der Waals surface area contributed by atoms with Crippen molar-refractivity contribution in [2.75, 3.05) is 13.7 Å². The molecule has 0 aliphatic heterocycles. The van der Waals surface area contributed by atoms with Crippen LogP contribution in [0.3, 0.4) is 0 Å². The summed E-state index contributed by atoms with van der Waals surface area (Å²) < 4.78 is 11.1. The van der Waals surface area contributed by atoms with Gasteiger partial charge in [-0.3, -0.25) is 0 Å². The van der Waals surface area contributed by atoms with E-state index in [9.17, 15) is 5.11 Å². The van der Waals surface area contributed by atoms with Gasteiger partial charge in [0.2, 0.25) is 0 Å². The molecule has 1 N–H and O–H groups in total. The lowest BCUT2D eigenvalue weighted by Gasteiger charge is -2.42. The molecule has 0 aromatic rings. The summed E-state index contributed by atoms with van der Waals surface area (Å²) in [5.41, 5.74) is -0.0618. The molecule has 0 aromatic carbocycles. The van der Waals surface area contributed by atoms with Gasteiger partial charge in [0.25, 0.3) is 0 Å². The number of ether oxygens (including phenoxy) is 2. The maximum atomic E-state index is 10.8. The normalized spacial score (nSPS) is 42.9. The van der Waals surface area contributed by atoms with E-state index in [1.807, 2.05) is 0 Å². The van der Waals surface area contributed by atoms with E-state index in [2.05, 4.69) is 32.6 Å². The fourth-order valence-electron chi connectivity index (χ4n) is 3.79. The summed E-state index contributed by atoms with van der Waals surface area (Å²) in [7, 11) is 1.64. The lowest BCUT2D eigenvalue weighted by molar-refractivity contribution is -0.174. The molecule has 0 saturated heterocycles. The van der Waals surface area contributed by atoms with Crippen LogP contribution < -0.4 is 0 Å². The number of methoxy groups -OCH3 is 1. The Bertz CT molecular complexity index is 352. The number of hydrogen-bond donors (Lipinski definition) is 1. The molecule has 0 aromatic heterocycles. The van der Waals surface area contributed by atoms with Gasteiger partial charge in [-0.2, -0.15) is 0 Å². The van der Waals surface area contributed by atoms with Gasteiger partial charge < -0.3 is 14.6 Å². The van der Waals surface area contributed by atoms with Crippen LogP contribution in [0.15, 0.2) is 24.8 Å². The molecule has 3 nitrogen and oxygen atoms in total. The van der Waals surface area contributed by atoms with Crippen molar-refractivity contribution >= 4 is 0 Å². The summed E-state index contributed by atoms with van der Waals surface area (Å²) in [4.78, 5) is 0. The minimum Gasteiger partial charge on any atom is -0.392 e. The molecular formula is C16H26O3. The van der Waals surface area contributed by atoms with Crippen molar-refractivity contribution in [3.05, 3.63) is 24.8 Å². The average molecular weight is 266 g/mol. The van der Waals surface area contributed by atoms with E-state index in [-0.39, 0.29) is 23.7 Å². The van der Waals surface area contributed by atoms with E-state index in [1.54, 1.807) is 13.2 Å². The van der Waals surface area contributed by atoms with Crippen LogP contribution in [0.25, 0.3) is 0 Å². The molecular weight excluding hydrogens is 240 g/mol. The van der Waals surface area contributed by atoms with Crippen LogP contribution in [-0.2, 0) is 9.47 Å². The molecule has 1 saturated carbocycles.